The second kappa shape index (κ2) is 10.4. The zero-order chi connectivity index (χ0) is 25.1. The Morgan fingerprint density at radius 2 is 2.06 bits per heavy atom. The van der Waals surface area contributed by atoms with Gasteiger partial charge in [-0.2, -0.15) is 5.10 Å². The number of amides is 1. The van der Waals surface area contributed by atoms with Crippen molar-refractivity contribution in [2.24, 2.45) is 5.73 Å². The molecule has 2 heterocycles. The van der Waals surface area contributed by atoms with E-state index < -0.39 is 23.4 Å². The summed E-state index contributed by atoms with van der Waals surface area (Å²) >= 11 is 0. The van der Waals surface area contributed by atoms with E-state index in [9.17, 15) is 13.6 Å². The van der Waals surface area contributed by atoms with E-state index in [4.69, 9.17) is 20.9 Å². The summed E-state index contributed by atoms with van der Waals surface area (Å²) in [4.78, 5) is 12.5. The lowest BCUT2D eigenvalue weighted by atomic mass is 10.0. The summed E-state index contributed by atoms with van der Waals surface area (Å²) in [5.41, 5.74) is 12.4. The fraction of sp³-hybridized carbons (Fsp3) is 0.333. The Morgan fingerprint density at radius 3 is 2.74 bits per heavy atom. The van der Waals surface area contributed by atoms with Crippen LogP contribution in [0.1, 0.15) is 40.4 Å². The molecule has 1 aliphatic rings. The van der Waals surface area contributed by atoms with E-state index in [-0.39, 0.29) is 53.1 Å². The molecule has 2 aromatic carbocycles. The first kappa shape index (κ1) is 24.6. The van der Waals surface area contributed by atoms with Crippen LogP contribution in [0.4, 0.5) is 19.0 Å². The molecule has 8 nitrogen and oxygen atoms in total. The average Bonchev–Trinajstić information content (AvgIpc) is 3.20. The van der Waals surface area contributed by atoms with Gasteiger partial charge in [0.05, 0.1) is 25.3 Å². The highest BCUT2D eigenvalue weighted by Crippen LogP contribution is 2.33. The van der Waals surface area contributed by atoms with Gasteiger partial charge in [-0.25, -0.2) is 17.9 Å². The SMILES string of the molecule is COc1ccc(F)cc1C(=O)NCc1cc(F)c(-c2nn(C3CCCOC3)c(N)c2CN)cc1F. The number of nitrogens with zero attached hydrogens (tertiary/aromatic N) is 2. The van der Waals surface area contributed by atoms with Gasteiger partial charge >= 0.3 is 0 Å². The first-order chi connectivity index (χ1) is 16.8. The Hall–Kier alpha value is -3.57. The third-order valence-corrected chi connectivity index (χ3v) is 5.97. The van der Waals surface area contributed by atoms with E-state index in [0.717, 1.165) is 37.1 Å². The topological polar surface area (TPSA) is 117 Å². The lowest BCUT2D eigenvalue weighted by molar-refractivity contribution is 0.0558. The molecule has 1 amide bonds. The second-order valence-electron chi connectivity index (χ2n) is 8.18. The zero-order valence-electron chi connectivity index (χ0n) is 19.1. The van der Waals surface area contributed by atoms with Crippen molar-refractivity contribution in [2.45, 2.75) is 32.0 Å². The van der Waals surface area contributed by atoms with E-state index in [2.05, 4.69) is 10.4 Å². The highest BCUT2D eigenvalue weighted by molar-refractivity contribution is 5.96. The molecular formula is C24H26F3N5O3. The van der Waals surface area contributed by atoms with Crippen molar-refractivity contribution in [3.8, 4) is 17.0 Å². The summed E-state index contributed by atoms with van der Waals surface area (Å²) in [6.45, 7) is 0.726. The molecule has 11 heteroatoms. The first-order valence-corrected chi connectivity index (χ1v) is 11.1. The van der Waals surface area contributed by atoms with Crippen molar-refractivity contribution in [2.75, 3.05) is 26.1 Å². The van der Waals surface area contributed by atoms with Crippen molar-refractivity contribution in [1.82, 2.24) is 15.1 Å². The van der Waals surface area contributed by atoms with Gasteiger partial charge in [-0.1, -0.05) is 0 Å². The van der Waals surface area contributed by atoms with Crippen LogP contribution in [0, 0.1) is 17.5 Å². The number of hydrogen-bond acceptors (Lipinski definition) is 6. The molecule has 0 saturated carbocycles. The summed E-state index contributed by atoms with van der Waals surface area (Å²) in [5, 5.41) is 6.91. The fourth-order valence-electron chi connectivity index (χ4n) is 4.13. The number of nitrogens with one attached hydrogen (secondary N) is 1. The Balaban J connectivity index is 1.59. The molecule has 0 aliphatic carbocycles. The fourth-order valence-corrected chi connectivity index (χ4v) is 4.13. The van der Waals surface area contributed by atoms with Gasteiger partial charge in [0.25, 0.3) is 5.91 Å². The highest BCUT2D eigenvalue weighted by atomic mass is 19.1. The van der Waals surface area contributed by atoms with Crippen molar-refractivity contribution >= 4 is 11.7 Å². The summed E-state index contributed by atoms with van der Waals surface area (Å²) in [7, 11) is 1.34. The van der Waals surface area contributed by atoms with Crippen LogP contribution in [-0.2, 0) is 17.8 Å². The number of nitrogen functional groups attached to an aromatic ring is 1. The number of nitrogens with two attached hydrogens (primary N) is 2. The highest BCUT2D eigenvalue weighted by Gasteiger charge is 2.26. The summed E-state index contributed by atoms with van der Waals surface area (Å²) in [6.07, 6.45) is 1.63. The lowest BCUT2D eigenvalue weighted by Crippen LogP contribution is -2.24. The molecule has 5 N–H and O–H groups in total. The van der Waals surface area contributed by atoms with Crippen LogP contribution < -0.4 is 21.5 Å². The minimum absolute atomic E-state index is 0.0108. The third-order valence-electron chi connectivity index (χ3n) is 5.97. The Kier molecular flexibility index (Phi) is 7.27. The Bertz CT molecular complexity index is 1240. The van der Waals surface area contributed by atoms with E-state index in [1.165, 1.54) is 13.2 Å². The predicted octanol–water partition coefficient (Wildman–Crippen LogP) is 3.30. The maximum atomic E-state index is 15.1. The maximum Gasteiger partial charge on any atom is 0.255 e. The van der Waals surface area contributed by atoms with Crippen LogP contribution in [0.5, 0.6) is 5.75 Å². The summed E-state index contributed by atoms with van der Waals surface area (Å²) in [5.74, 6) is -2.40. The number of ether oxygens (including phenoxy) is 2. The number of rotatable bonds is 7. The van der Waals surface area contributed by atoms with Crippen LogP contribution >= 0.6 is 0 Å². The van der Waals surface area contributed by atoms with Crippen molar-refractivity contribution in [3.05, 3.63) is 64.5 Å². The number of benzene rings is 2. The maximum absolute atomic E-state index is 15.1. The van der Waals surface area contributed by atoms with Crippen LogP contribution in [-0.4, -0.2) is 36.0 Å². The predicted molar refractivity (Wildman–Crippen MR) is 123 cm³/mol. The van der Waals surface area contributed by atoms with Crippen LogP contribution in [0.3, 0.4) is 0 Å². The van der Waals surface area contributed by atoms with Gasteiger partial charge in [-0.05, 0) is 43.2 Å². The third kappa shape index (κ3) is 4.96. The van der Waals surface area contributed by atoms with Gasteiger partial charge < -0.3 is 26.3 Å². The van der Waals surface area contributed by atoms with Gasteiger partial charge in [0.2, 0.25) is 0 Å². The first-order valence-electron chi connectivity index (χ1n) is 11.1. The Labute approximate surface area is 200 Å². The van der Waals surface area contributed by atoms with Gasteiger partial charge in [0.1, 0.15) is 34.7 Å². The molecule has 3 aromatic rings. The molecular weight excluding hydrogens is 463 g/mol. The minimum Gasteiger partial charge on any atom is -0.496 e. The van der Waals surface area contributed by atoms with Gasteiger partial charge in [-0.3, -0.25) is 4.79 Å². The number of carbonyl (C=O) groups excluding carboxylic acids is 1. The Morgan fingerprint density at radius 1 is 1.26 bits per heavy atom. The molecule has 1 atom stereocenters. The van der Waals surface area contributed by atoms with Crippen molar-refractivity contribution in [1.29, 1.82) is 0 Å². The van der Waals surface area contributed by atoms with Crippen LogP contribution in [0.2, 0.25) is 0 Å². The van der Waals surface area contributed by atoms with Gasteiger partial charge in [-0.15, -0.1) is 0 Å². The molecule has 0 radical (unpaired) electrons. The molecule has 1 fully saturated rings. The number of aromatic nitrogens is 2. The molecule has 186 valence electrons. The monoisotopic (exact) mass is 489 g/mol. The van der Waals surface area contributed by atoms with E-state index in [1.54, 1.807) is 4.68 Å². The summed E-state index contributed by atoms with van der Waals surface area (Å²) in [6, 6.07) is 5.31. The minimum atomic E-state index is -0.759. The molecule has 1 aromatic heterocycles. The standard InChI is InChI=1S/C24H26F3N5O3/c1-34-21-5-4-14(25)8-17(21)24(33)30-11-13-7-20(27)16(9-19(13)26)22-18(10-28)23(29)32(31-22)15-3-2-6-35-12-15/h4-5,7-9,15H,2-3,6,10-12,28-29H2,1H3,(H,30,33). The van der Waals surface area contributed by atoms with Crippen LogP contribution in [0.15, 0.2) is 30.3 Å². The molecule has 1 aliphatic heterocycles. The van der Waals surface area contributed by atoms with Crippen molar-refractivity contribution < 1.29 is 27.4 Å². The second-order valence-corrected chi connectivity index (χ2v) is 8.18. The van der Waals surface area contributed by atoms with Gasteiger partial charge in [0, 0.05) is 36.4 Å². The largest absolute Gasteiger partial charge is 0.496 e. The lowest BCUT2D eigenvalue weighted by Gasteiger charge is -2.23. The van der Waals surface area contributed by atoms with E-state index >= 15 is 4.39 Å². The average molecular weight is 489 g/mol. The smallest absolute Gasteiger partial charge is 0.255 e. The van der Waals surface area contributed by atoms with Gasteiger partial charge in [0.15, 0.2) is 0 Å². The number of anilines is 1. The zero-order valence-corrected chi connectivity index (χ0v) is 19.1. The van der Waals surface area contributed by atoms with E-state index in [0.29, 0.717) is 18.8 Å². The molecule has 35 heavy (non-hydrogen) atoms. The number of halogens is 3. The molecule has 0 spiro atoms. The van der Waals surface area contributed by atoms with Crippen LogP contribution in [0.25, 0.3) is 11.3 Å². The number of methoxy groups -OCH3 is 1. The summed E-state index contributed by atoms with van der Waals surface area (Å²) < 4.78 is 55.8. The van der Waals surface area contributed by atoms with Crippen molar-refractivity contribution in [3.63, 3.8) is 0 Å². The molecule has 4 rings (SSSR count). The normalized spacial score (nSPS) is 15.7. The number of hydrogen-bond donors (Lipinski definition) is 3. The quantitative estimate of drug-likeness (QED) is 0.469. The number of carbonyl (C=O) groups is 1. The molecule has 0 bridgehead atoms. The van der Waals surface area contributed by atoms with E-state index in [1.807, 2.05) is 0 Å². The molecule has 1 unspecified atom stereocenters. The molecule has 1 saturated heterocycles.